The Balaban J connectivity index is 0.00000484. The summed E-state index contributed by atoms with van der Waals surface area (Å²) in [5.74, 6) is -1.02. The number of aryl methyl sites for hydroxylation is 1. The second-order valence-electron chi connectivity index (χ2n) is 8.79. The largest absolute Gasteiger partial charge is 0.573 e. The zero-order chi connectivity index (χ0) is 29.4. The molecule has 0 aliphatic carbocycles. The third-order valence-electron chi connectivity index (χ3n) is 5.64. The monoisotopic (exact) mass is 608 g/mol. The lowest BCUT2D eigenvalue weighted by atomic mass is 10.1. The molecule has 2 N–H and O–H groups in total. The molecule has 0 bridgehead atoms. The van der Waals surface area contributed by atoms with Gasteiger partial charge in [0, 0.05) is 13.2 Å². The van der Waals surface area contributed by atoms with Crippen LogP contribution in [0.3, 0.4) is 0 Å². The van der Waals surface area contributed by atoms with E-state index >= 15 is 0 Å². The van der Waals surface area contributed by atoms with Crippen LogP contribution >= 0.6 is 12.4 Å². The van der Waals surface area contributed by atoms with Gasteiger partial charge in [-0.15, -0.1) is 35.8 Å². The molecule has 42 heavy (non-hydrogen) atoms. The standard InChI is InChI=1S/C26H24F4N8O3.ClH/c1-31-25(40)22-15-38(37-35-22)14-18(27)5-6-19-7-8-23(36-34-19)33-24(39)13-20-11-17(9-10-32-20)16-3-2-4-21(12-16)41-26(28,29)30;/h2-4,7-12,15,18H,5-6,13-14H2,1H3,(H,31,40)(H,33,36,39);1H/t18-;/m1./s1. The third kappa shape index (κ3) is 9.47. The van der Waals surface area contributed by atoms with Crippen LogP contribution in [-0.2, 0) is 24.2 Å². The average Bonchev–Trinajstić information content (AvgIpc) is 3.40. The summed E-state index contributed by atoms with van der Waals surface area (Å²) in [6.07, 6.45) is -2.98. The fourth-order valence-electron chi connectivity index (χ4n) is 3.76. The molecule has 4 rings (SSSR count). The fraction of sp³-hybridized carbons (Fsp3) is 0.269. The molecule has 0 aliphatic heterocycles. The first-order valence-corrected chi connectivity index (χ1v) is 12.3. The Kier molecular flexibility index (Phi) is 10.8. The molecule has 3 heterocycles. The number of rotatable bonds is 11. The molecule has 0 unspecified atom stereocenters. The van der Waals surface area contributed by atoms with Crippen molar-refractivity contribution in [3.05, 3.63) is 78.0 Å². The highest BCUT2D eigenvalue weighted by Gasteiger charge is 2.31. The van der Waals surface area contributed by atoms with E-state index in [9.17, 15) is 27.2 Å². The van der Waals surface area contributed by atoms with Gasteiger partial charge in [-0.1, -0.05) is 17.3 Å². The first-order valence-electron chi connectivity index (χ1n) is 12.3. The van der Waals surface area contributed by atoms with Crippen LogP contribution in [0.15, 0.2) is 60.9 Å². The Hall–Kier alpha value is -4.66. The highest BCUT2D eigenvalue weighted by atomic mass is 35.5. The Morgan fingerprint density at radius 2 is 1.81 bits per heavy atom. The Labute approximate surface area is 243 Å². The van der Waals surface area contributed by atoms with E-state index in [2.05, 4.69) is 40.9 Å². The maximum absolute atomic E-state index is 14.4. The molecule has 2 amide bonds. The number of amides is 2. The molecule has 0 aliphatic rings. The molecule has 0 radical (unpaired) electrons. The molecule has 0 fully saturated rings. The first kappa shape index (κ1) is 31.9. The van der Waals surface area contributed by atoms with Gasteiger partial charge in [-0.3, -0.25) is 14.6 Å². The van der Waals surface area contributed by atoms with Crippen molar-refractivity contribution in [3.63, 3.8) is 0 Å². The van der Waals surface area contributed by atoms with Crippen molar-refractivity contribution in [1.82, 2.24) is 35.5 Å². The lowest BCUT2D eigenvalue weighted by Crippen LogP contribution is -2.18. The summed E-state index contributed by atoms with van der Waals surface area (Å²) in [4.78, 5) is 28.2. The lowest BCUT2D eigenvalue weighted by Gasteiger charge is -2.11. The van der Waals surface area contributed by atoms with E-state index in [1.807, 2.05) is 0 Å². The number of nitrogens with zero attached hydrogens (tertiary/aromatic N) is 6. The van der Waals surface area contributed by atoms with Crippen LogP contribution in [0.25, 0.3) is 11.1 Å². The molecule has 0 spiro atoms. The van der Waals surface area contributed by atoms with E-state index in [-0.39, 0.29) is 55.5 Å². The number of alkyl halides is 4. The summed E-state index contributed by atoms with van der Waals surface area (Å²) in [6.45, 7) is -0.0758. The lowest BCUT2D eigenvalue weighted by molar-refractivity contribution is -0.274. The summed E-state index contributed by atoms with van der Waals surface area (Å²) in [5.41, 5.74) is 2.01. The first-order chi connectivity index (χ1) is 19.6. The minimum atomic E-state index is -4.81. The van der Waals surface area contributed by atoms with Crippen molar-refractivity contribution in [3.8, 4) is 16.9 Å². The number of nitrogens with one attached hydrogen (secondary N) is 2. The van der Waals surface area contributed by atoms with Gasteiger partial charge >= 0.3 is 6.36 Å². The molecular formula is C26H25ClF4N8O3. The summed E-state index contributed by atoms with van der Waals surface area (Å²) < 4.78 is 57.2. The van der Waals surface area contributed by atoms with Gasteiger partial charge < -0.3 is 15.4 Å². The summed E-state index contributed by atoms with van der Waals surface area (Å²) in [5, 5.41) is 20.4. The van der Waals surface area contributed by atoms with Crippen LogP contribution in [0.5, 0.6) is 5.75 Å². The van der Waals surface area contributed by atoms with E-state index < -0.39 is 24.3 Å². The SMILES string of the molecule is CNC(=O)c1cn(C[C@H](F)CCc2ccc(NC(=O)Cc3cc(-c4cccc(OC(F)(F)F)c4)ccn3)nn2)nn1.Cl. The average molecular weight is 609 g/mol. The number of anilines is 1. The number of hydrogen-bond acceptors (Lipinski definition) is 8. The van der Waals surface area contributed by atoms with Crippen molar-refractivity contribution in [1.29, 1.82) is 0 Å². The second-order valence-corrected chi connectivity index (χ2v) is 8.79. The maximum atomic E-state index is 14.4. The van der Waals surface area contributed by atoms with Gasteiger partial charge in [0.2, 0.25) is 5.91 Å². The van der Waals surface area contributed by atoms with Crippen molar-refractivity contribution in [2.45, 2.75) is 38.3 Å². The van der Waals surface area contributed by atoms with Crippen LogP contribution in [0.2, 0.25) is 0 Å². The number of ether oxygens (including phenoxy) is 1. The minimum absolute atomic E-state index is 0. The number of carbonyl (C=O) groups is 2. The summed E-state index contributed by atoms with van der Waals surface area (Å²) >= 11 is 0. The Morgan fingerprint density at radius 3 is 2.52 bits per heavy atom. The van der Waals surface area contributed by atoms with Crippen molar-refractivity contribution >= 4 is 30.0 Å². The quantitative estimate of drug-likeness (QED) is 0.244. The molecule has 3 aromatic heterocycles. The van der Waals surface area contributed by atoms with Gasteiger partial charge in [0.25, 0.3) is 5.91 Å². The van der Waals surface area contributed by atoms with Crippen LogP contribution in [-0.4, -0.2) is 61.6 Å². The number of halogens is 5. The molecule has 1 atom stereocenters. The molecular weight excluding hydrogens is 584 g/mol. The number of carbonyl (C=O) groups excluding carboxylic acids is 2. The normalized spacial score (nSPS) is 11.7. The smallest absolute Gasteiger partial charge is 0.406 e. The molecule has 0 saturated heterocycles. The van der Waals surface area contributed by atoms with Gasteiger partial charge in [0.05, 0.1) is 30.6 Å². The predicted octanol–water partition coefficient (Wildman–Crippen LogP) is 3.96. The van der Waals surface area contributed by atoms with E-state index in [4.69, 9.17) is 0 Å². The molecule has 4 aromatic rings. The van der Waals surface area contributed by atoms with Crippen molar-refractivity contribution < 1.29 is 31.9 Å². The van der Waals surface area contributed by atoms with Crippen molar-refractivity contribution in [2.75, 3.05) is 12.4 Å². The highest BCUT2D eigenvalue weighted by molar-refractivity contribution is 5.91. The van der Waals surface area contributed by atoms with E-state index in [0.29, 0.717) is 22.5 Å². The molecule has 0 saturated carbocycles. The van der Waals surface area contributed by atoms with E-state index in [0.717, 1.165) is 0 Å². The van der Waals surface area contributed by atoms with Gasteiger partial charge in [0.1, 0.15) is 11.9 Å². The maximum Gasteiger partial charge on any atom is 0.573 e. The highest BCUT2D eigenvalue weighted by Crippen LogP contribution is 2.28. The summed E-state index contributed by atoms with van der Waals surface area (Å²) in [6, 6.07) is 11.8. The van der Waals surface area contributed by atoms with Gasteiger partial charge in [-0.25, -0.2) is 9.07 Å². The van der Waals surface area contributed by atoms with Crippen LogP contribution in [0, 0.1) is 0 Å². The van der Waals surface area contributed by atoms with E-state index in [1.165, 1.54) is 48.4 Å². The zero-order valence-corrected chi connectivity index (χ0v) is 22.8. The number of aromatic nitrogens is 6. The Bertz CT molecular complexity index is 1500. The van der Waals surface area contributed by atoms with Gasteiger partial charge in [-0.05, 0) is 60.4 Å². The number of pyridine rings is 1. The molecule has 11 nitrogen and oxygen atoms in total. The van der Waals surface area contributed by atoms with Crippen LogP contribution < -0.4 is 15.4 Å². The van der Waals surface area contributed by atoms with Gasteiger partial charge in [-0.2, -0.15) is 5.10 Å². The predicted molar refractivity (Wildman–Crippen MR) is 145 cm³/mol. The van der Waals surface area contributed by atoms with Gasteiger partial charge in [0.15, 0.2) is 11.5 Å². The van der Waals surface area contributed by atoms with Crippen LogP contribution in [0.4, 0.5) is 23.4 Å². The number of hydrogen-bond donors (Lipinski definition) is 2. The Morgan fingerprint density at radius 1 is 1.02 bits per heavy atom. The summed E-state index contributed by atoms with van der Waals surface area (Å²) in [7, 11) is 1.46. The zero-order valence-electron chi connectivity index (χ0n) is 22.0. The third-order valence-corrected chi connectivity index (χ3v) is 5.64. The topological polar surface area (TPSA) is 137 Å². The second kappa shape index (κ2) is 14.3. The van der Waals surface area contributed by atoms with Crippen LogP contribution in [0.1, 0.15) is 28.3 Å². The number of benzene rings is 1. The molecule has 1 aromatic carbocycles. The van der Waals surface area contributed by atoms with E-state index in [1.54, 1.807) is 24.3 Å². The molecule has 222 valence electrons. The minimum Gasteiger partial charge on any atom is -0.406 e. The van der Waals surface area contributed by atoms with Crippen molar-refractivity contribution in [2.24, 2.45) is 0 Å². The molecule has 16 heteroatoms. The fourth-order valence-corrected chi connectivity index (χ4v) is 3.76.